The van der Waals surface area contributed by atoms with Crippen LogP contribution in [0.2, 0.25) is 0 Å². The minimum Gasteiger partial charge on any atom is -0.342 e. The fourth-order valence-corrected chi connectivity index (χ4v) is 2.81. The van der Waals surface area contributed by atoms with Crippen LogP contribution in [0.4, 0.5) is 5.95 Å². The van der Waals surface area contributed by atoms with Gasteiger partial charge in [-0.05, 0) is 25.0 Å². The summed E-state index contributed by atoms with van der Waals surface area (Å²) in [6.45, 7) is 10.0. The van der Waals surface area contributed by atoms with E-state index in [0.29, 0.717) is 5.47 Å². The molecule has 110 valence electrons. The maximum absolute atomic E-state index is 5.94. The Labute approximate surface area is 131 Å². The number of para-hydroxylation sites is 1. The van der Waals surface area contributed by atoms with Crippen LogP contribution in [0.1, 0.15) is 25.8 Å². The fourth-order valence-electron chi connectivity index (χ4n) is 2.81. The highest BCUT2D eigenvalue weighted by molar-refractivity contribution is 6.43. The van der Waals surface area contributed by atoms with Crippen LogP contribution in [-0.2, 0) is 0 Å². The molecule has 22 heavy (non-hydrogen) atoms. The SMILES string of the molecule is [B]C(=C)c1cccc2c1nc(N(CC)CCC)n1ccnc21. The van der Waals surface area contributed by atoms with E-state index in [9.17, 15) is 0 Å². The summed E-state index contributed by atoms with van der Waals surface area (Å²) in [5.74, 6) is 0.901. The molecule has 2 heterocycles. The van der Waals surface area contributed by atoms with E-state index < -0.39 is 0 Å². The van der Waals surface area contributed by atoms with Crippen molar-refractivity contribution in [1.82, 2.24) is 14.4 Å². The number of anilines is 1. The van der Waals surface area contributed by atoms with Gasteiger partial charge in [-0.3, -0.25) is 4.40 Å². The molecule has 2 radical (unpaired) electrons. The number of nitrogens with zero attached hydrogens (tertiary/aromatic N) is 4. The Hall–Kier alpha value is -2.30. The summed E-state index contributed by atoms with van der Waals surface area (Å²) in [4.78, 5) is 11.7. The molecule has 0 spiro atoms. The van der Waals surface area contributed by atoms with Gasteiger partial charge in [0, 0.05) is 30.9 Å². The van der Waals surface area contributed by atoms with Crippen LogP contribution in [0.25, 0.3) is 22.0 Å². The van der Waals surface area contributed by atoms with Gasteiger partial charge in [0.1, 0.15) is 13.5 Å². The molecule has 3 aromatic rings. The number of rotatable bonds is 5. The summed E-state index contributed by atoms with van der Waals surface area (Å²) in [5.41, 5.74) is 3.16. The van der Waals surface area contributed by atoms with Crippen molar-refractivity contribution in [2.45, 2.75) is 20.3 Å². The zero-order valence-electron chi connectivity index (χ0n) is 13.1. The molecular formula is C17H19BN4. The highest BCUT2D eigenvalue weighted by Gasteiger charge is 2.15. The van der Waals surface area contributed by atoms with Gasteiger partial charge in [-0.2, -0.15) is 0 Å². The van der Waals surface area contributed by atoms with Crippen LogP contribution in [-0.4, -0.2) is 35.3 Å². The van der Waals surface area contributed by atoms with E-state index in [2.05, 4.69) is 30.3 Å². The first kappa shape index (κ1) is 14.6. The van der Waals surface area contributed by atoms with Crippen LogP contribution in [0.5, 0.6) is 0 Å². The molecule has 0 unspecified atom stereocenters. The monoisotopic (exact) mass is 290 g/mol. The molecule has 0 aliphatic heterocycles. The van der Waals surface area contributed by atoms with Crippen LogP contribution >= 0.6 is 0 Å². The summed E-state index contributed by atoms with van der Waals surface area (Å²) in [6.07, 6.45) is 4.83. The second-order valence-electron chi connectivity index (χ2n) is 5.34. The lowest BCUT2D eigenvalue weighted by Crippen LogP contribution is -2.26. The topological polar surface area (TPSA) is 33.4 Å². The second-order valence-corrected chi connectivity index (χ2v) is 5.34. The summed E-state index contributed by atoms with van der Waals surface area (Å²) >= 11 is 0. The van der Waals surface area contributed by atoms with Crippen LogP contribution in [0, 0.1) is 0 Å². The Morgan fingerprint density at radius 2 is 2.18 bits per heavy atom. The smallest absolute Gasteiger partial charge is 0.211 e. The van der Waals surface area contributed by atoms with Gasteiger partial charge in [0.05, 0.1) is 5.52 Å². The molecule has 0 N–H and O–H groups in total. The average Bonchev–Trinajstić information content (AvgIpc) is 3.01. The quantitative estimate of drug-likeness (QED) is 0.676. The van der Waals surface area contributed by atoms with E-state index in [4.69, 9.17) is 12.8 Å². The third-order valence-corrected chi connectivity index (χ3v) is 3.85. The molecule has 0 amide bonds. The van der Waals surface area contributed by atoms with Crippen molar-refractivity contribution in [3.05, 3.63) is 42.7 Å². The lowest BCUT2D eigenvalue weighted by molar-refractivity contribution is 0.757. The predicted molar refractivity (Wildman–Crippen MR) is 93.5 cm³/mol. The highest BCUT2D eigenvalue weighted by atomic mass is 15.3. The minimum absolute atomic E-state index is 0.526. The van der Waals surface area contributed by atoms with Crippen molar-refractivity contribution in [2.24, 2.45) is 0 Å². The number of benzene rings is 1. The molecule has 0 saturated carbocycles. The van der Waals surface area contributed by atoms with Crippen molar-refractivity contribution in [3.8, 4) is 0 Å². The first-order valence-corrected chi connectivity index (χ1v) is 7.62. The second kappa shape index (κ2) is 5.83. The van der Waals surface area contributed by atoms with Gasteiger partial charge in [-0.15, -0.1) is 6.58 Å². The molecule has 3 rings (SSSR count). The van der Waals surface area contributed by atoms with Gasteiger partial charge in [0.2, 0.25) is 5.95 Å². The maximum Gasteiger partial charge on any atom is 0.211 e. The molecule has 0 saturated heterocycles. The fraction of sp³-hybridized carbons (Fsp3) is 0.294. The molecule has 2 aromatic heterocycles. The van der Waals surface area contributed by atoms with Crippen LogP contribution in [0.3, 0.4) is 0 Å². The standard InChI is InChI=1S/C17H19BN4/c1-4-10-21(5-2)17-20-15-13(12(3)18)7-6-8-14(15)16-19-9-11-22(16)17/h6-9,11H,3-5,10H2,1-2H3. The first-order valence-electron chi connectivity index (χ1n) is 7.62. The average molecular weight is 290 g/mol. The number of hydrogen-bond donors (Lipinski definition) is 0. The zero-order valence-corrected chi connectivity index (χ0v) is 13.1. The lowest BCUT2D eigenvalue weighted by Gasteiger charge is -2.23. The Morgan fingerprint density at radius 3 is 2.86 bits per heavy atom. The molecule has 0 bridgehead atoms. The molecular weight excluding hydrogens is 271 g/mol. The van der Waals surface area contributed by atoms with Gasteiger partial charge in [0.15, 0.2) is 0 Å². The highest BCUT2D eigenvalue weighted by Crippen LogP contribution is 2.27. The molecule has 0 atom stereocenters. The van der Waals surface area contributed by atoms with Gasteiger partial charge in [-0.1, -0.05) is 24.5 Å². The largest absolute Gasteiger partial charge is 0.342 e. The molecule has 1 aromatic carbocycles. The van der Waals surface area contributed by atoms with E-state index in [1.807, 2.05) is 35.0 Å². The van der Waals surface area contributed by atoms with Crippen LogP contribution < -0.4 is 4.90 Å². The van der Waals surface area contributed by atoms with E-state index in [0.717, 1.165) is 47.6 Å². The molecule has 0 fully saturated rings. The maximum atomic E-state index is 5.94. The van der Waals surface area contributed by atoms with E-state index in [-0.39, 0.29) is 0 Å². The first-order chi connectivity index (χ1) is 10.7. The Kier molecular flexibility index (Phi) is 3.88. The van der Waals surface area contributed by atoms with Gasteiger partial charge < -0.3 is 4.90 Å². The third-order valence-electron chi connectivity index (χ3n) is 3.85. The van der Waals surface area contributed by atoms with Crippen LogP contribution in [0.15, 0.2) is 37.2 Å². The van der Waals surface area contributed by atoms with Crippen molar-refractivity contribution < 1.29 is 0 Å². The Bertz CT molecular complexity index is 837. The van der Waals surface area contributed by atoms with Gasteiger partial charge >= 0.3 is 0 Å². The zero-order chi connectivity index (χ0) is 15.7. The molecule has 0 aliphatic rings. The summed E-state index contributed by atoms with van der Waals surface area (Å²) < 4.78 is 2.05. The number of aromatic nitrogens is 3. The predicted octanol–water partition coefficient (Wildman–Crippen LogP) is 3.26. The van der Waals surface area contributed by atoms with Crippen molar-refractivity contribution in [1.29, 1.82) is 0 Å². The minimum atomic E-state index is 0.526. The molecule has 4 nitrogen and oxygen atoms in total. The van der Waals surface area contributed by atoms with Crippen molar-refractivity contribution in [2.75, 3.05) is 18.0 Å². The Morgan fingerprint density at radius 1 is 1.36 bits per heavy atom. The number of imidazole rings is 1. The molecule has 5 heteroatoms. The third kappa shape index (κ3) is 2.26. The molecule has 0 aliphatic carbocycles. The summed E-state index contributed by atoms with van der Waals surface area (Å²) in [7, 11) is 5.94. The van der Waals surface area contributed by atoms with E-state index >= 15 is 0 Å². The van der Waals surface area contributed by atoms with Gasteiger partial charge in [-0.25, -0.2) is 9.97 Å². The Balaban J connectivity index is 2.37. The lowest BCUT2D eigenvalue weighted by atomic mass is 9.89. The number of hydrogen-bond acceptors (Lipinski definition) is 3. The van der Waals surface area contributed by atoms with Crippen molar-refractivity contribution in [3.63, 3.8) is 0 Å². The van der Waals surface area contributed by atoms with Crippen molar-refractivity contribution >= 4 is 35.8 Å². The summed E-state index contributed by atoms with van der Waals surface area (Å²) in [5, 5.41) is 0.991. The van der Waals surface area contributed by atoms with E-state index in [1.165, 1.54) is 0 Å². The van der Waals surface area contributed by atoms with Gasteiger partial charge in [0.25, 0.3) is 0 Å². The normalized spacial score (nSPS) is 11.2. The summed E-state index contributed by atoms with van der Waals surface area (Å²) in [6, 6.07) is 5.95. The number of fused-ring (bicyclic) bond motifs is 3. The van der Waals surface area contributed by atoms with E-state index in [1.54, 1.807) is 0 Å².